The van der Waals surface area contributed by atoms with Crippen molar-refractivity contribution in [1.82, 2.24) is 10.3 Å². The van der Waals surface area contributed by atoms with Crippen LogP contribution in [0.15, 0.2) is 18.2 Å². The van der Waals surface area contributed by atoms with Gasteiger partial charge in [0.25, 0.3) is 0 Å². The van der Waals surface area contributed by atoms with Crippen molar-refractivity contribution in [3.63, 3.8) is 0 Å². The standard InChI is InChI=1S/C15H24N2/c1-2-3-11-16-12-14-9-6-10-15(17-14)13-7-4-5-8-13/h6,9-10,13,16H,2-5,7-8,11-12H2,1H3. The number of rotatable bonds is 6. The Balaban J connectivity index is 1.87. The summed E-state index contributed by atoms with van der Waals surface area (Å²) in [6.07, 6.45) is 7.93. The van der Waals surface area contributed by atoms with Crippen molar-refractivity contribution < 1.29 is 0 Å². The summed E-state index contributed by atoms with van der Waals surface area (Å²) < 4.78 is 0. The smallest absolute Gasteiger partial charge is 0.0545 e. The Labute approximate surface area is 105 Å². The zero-order valence-corrected chi connectivity index (χ0v) is 10.9. The second-order valence-electron chi connectivity index (χ2n) is 5.07. The lowest BCUT2D eigenvalue weighted by molar-refractivity contribution is 0.625. The molecule has 1 N–H and O–H groups in total. The van der Waals surface area contributed by atoms with Crippen LogP contribution in [0.25, 0.3) is 0 Å². The Morgan fingerprint density at radius 2 is 2.12 bits per heavy atom. The zero-order chi connectivity index (χ0) is 11.9. The van der Waals surface area contributed by atoms with E-state index in [0.717, 1.165) is 19.0 Å². The summed E-state index contributed by atoms with van der Waals surface area (Å²) in [6, 6.07) is 6.50. The first-order valence-electron chi connectivity index (χ1n) is 7.06. The molecular formula is C15H24N2. The average Bonchev–Trinajstić information content (AvgIpc) is 2.89. The van der Waals surface area contributed by atoms with Gasteiger partial charge in [0.2, 0.25) is 0 Å². The minimum atomic E-state index is 0.727. The van der Waals surface area contributed by atoms with Gasteiger partial charge in [0, 0.05) is 18.2 Å². The van der Waals surface area contributed by atoms with E-state index in [1.165, 1.54) is 49.9 Å². The first-order valence-corrected chi connectivity index (χ1v) is 7.06. The van der Waals surface area contributed by atoms with Crippen LogP contribution in [-0.4, -0.2) is 11.5 Å². The molecule has 2 rings (SSSR count). The Hall–Kier alpha value is -0.890. The largest absolute Gasteiger partial charge is 0.311 e. The molecule has 0 radical (unpaired) electrons. The Morgan fingerprint density at radius 1 is 1.29 bits per heavy atom. The molecule has 2 nitrogen and oxygen atoms in total. The van der Waals surface area contributed by atoms with Crippen molar-refractivity contribution in [3.8, 4) is 0 Å². The summed E-state index contributed by atoms with van der Waals surface area (Å²) in [4.78, 5) is 4.79. The van der Waals surface area contributed by atoms with Crippen LogP contribution in [0.1, 0.15) is 62.8 Å². The third kappa shape index (κ3) is 3.81. The van der Waals surface area contributed by atoms with E-state index in [9.17, 15) is 0 Å². The number of nitrogens with zero attached hydrogens (tertiary/aromatic N) is 1. The number of unbranched alkanes of at least 4 members (excludes halogenated alkanes) is 1. The van der Waals surface area contributed by atoms with E-state index in [1.54, 1.807) is 0 Å². The van der Waals surface area contributed by atoms with Crippen molar-refractivity contribution in [2.24, 2.45) is 0 Å². The molecule has 1 heterocycles. The number of nitrogens with one attached hydrogen (secondary N) is 1. The highest BCUT2D eigenvalue weighted by Crippen LogP contribution is 2.32. The highest BCUT2D eigenvalue weighted by Gasteiger charge is 2.18. The molecule has 0 aliphatic heterocycles. The molecule has 1 fully saturated rings. The number of aromatic nitrogens is 1. The maximum absolute atomic E-state index is 4.79. The van der Waals surface area contributed by atoms with Gasteiger partial charge in [-0.2, -0.15) is 0 Å². The van der Waals surface area contributed by atoms with Gasteiger partial charge in [-0.3, -0.25) is 4.98 Å². The van der Waals surface area contributed by atoms with Crippen LogP contribution in [0.5, 0.6) is 0 Å². The van der Waals surface area contributed by atoms with Gasteiger partial charge >= 0.3 is 0 Å². The molecule has 2 heteroatoms. The maximum Gasteiger partial charge on any atom is 0.0545 e. The predicted molar refractivity (Wildman–Crippen MR) is 72.1 cm³/mol. The van der Waals surface area contributed by atoms with Crippen molar-refractivity contribution in [3.05, 3.63) is 29.6 Å². The Kier molecular flexibility index (Phi) is 4.99. The lowest BCUT2D eigenvalue weighted by Crippen LogP contribution is -2.15. The maximum atomic E-state index is 4.79. The molecule has 0 unspecified atom stereocenters. The Morgan fingerprint density at radius 3 is 2.88 bits per heavy atom. The highest BCUT2D eigenvalue weighted by atomic mass is 14.9. The van der Waals surface area contributed by atoms with Crippen LogP contribution in [0, 0.1) is 0 Å². The van der Waals surface area contributed by atoms with Gasteiger partial charge in [-0.05, 0) is 37.9 Å². The zero-order valence-electron chi connectivity index (χ0n) is 10.9. The molecule has 0 amide bonds. The van der Waals surface area contributed by atoms with Crippen molar-refractivity contribution >= 4 is 0 Å². The molecule has 1 aliphatic carbocycles. The summed E-state index contributed by atoms with van der Waals surface area (Å²) in [7, 11) is 0. The van der Waals surface area contributed by atoms with Gasteiger partial charge in [-0.25, -0.2) is 0 Å². The van der Waals surface area contributed by atoms with E-state index in [1.807, 2.05) is 0 Å². The minimum Gasteiger partial charge on any atom is -0.311 e. The van der Waals surface area contributed by atoms with Gasteiger partial charge < -0.3 is 5.32 Å². The molecule has 1 saturated carbocycles. The summed E-state index contributed by atoms with van der Waals surface area (Å²) in [5.41, 5.74) is 2.52. The molecule has 0 spiro atoms. The summed E-state index contributed by atoms with van der Waals surface area (Å²) in [5.74, 6) is 0.727. The van der Waals surface area contributed by atoms with Gasteiger partial charge in [0.15, 0.2) is 0 Å². The monoisotopic (exact) mass is 232 g/mol. The average molecular weight is 232 g/mol. The third-order valence-electron chi connectivity index (χ3n) is 3.61. The third-order valence-corrected chi connectivity index (χ3v) is 3.61. The van der Waals surface area contributed by atoms with Crippen LogP contribution in [0.3, 0.4) is 0 Å². The normalized spacial score (nSPS) is 16.5. The Bertz CT molecular complexity index is 329. The van der Waals surface area contributed by atoms with E-state index in [4.69, 9.17) is 4.98 Å². The van der Waals surface area contributed by atoms with E-state index < -0.39 is 0 Å². The first-order chi connectivity index (χ1) is 8.40. The molecule has 0 aromatic carbocycles. The molecule has 1 aromatic rings. The molecule has 0 atom stereocenters. The SMILES string of the molecule is CCCCNCc1cccc(C2CCCC2)n1. The fraction of sp³-hybridized carbons (Fsp3) is 0.667. The number of pyridine rings is 1. The van der Waals surface area contributed by atoms with E-state index >= 15 is 0 Å². The minimum absolute atomic E-state index is 0.727. The highest BCUT2D eigenvalue weighted by molar-refractivity contribution is 5.15. The topological polar surface area (TPSA) is 24.9 Å². The second kappa shape index (κ2) is 6.75. The van der Waals surface area contributed by atoms with Gasteiger partial charge in [-0.15, -0.1) is 0 Å². The molecule has 0 bridgehead atoms. The molecule has 94 valence electrons. The fourth-order valence-electron chi connectivity index (χ4n) is 2.56. The molecule has 0 saturated heterocycles. The van der Waals surface area contributed by atoms with Crippen LogP contribution >= 0.6 is 0 Å². The lowest BCUT2D eigenvalue weighted by atomic mass is 10.0. The van der Waals surface area contributed by atoms with Crippen LogP contribution in [-0.2, 0) is 6.54 Å². The summed E-state index contributed by atoms with van der Waals surface area (Å²) in [6.45, 7) is 4.24. The van der Waals surface area contributed by atoms with Crippen molar-refractivity contribution in [2.75, 3.05) is 6.54 Å². The number of hydrogen-bond acceptors (Lipinski definition) is 2. The van der Waals surface area contributed by atoms with E-state index in [-0.39, 0.29) is 0 Å². The second-order valence-corrected chi connectivity index (χ2v) is 5.07. The van der Waals surface area contributed by atoms with Crippen LogP contribution in [0.2, 0.25) is 0 Å². The van der Waals surface area contributed by atoms with Crippen molar-refractivity contribution in [2.45, 2.75) is 57.9 Å². The van der Waals surface area contributed by atoms with E-state index in [2.05, 4.69) is 30.4 Å². The van der Waals surface area contributed by atoms with Crippen molar-refractivity contribution in [1.29, 1.82) is 0 Å². The first kappa shape index (κ1) is 12.6. The van der Waals surface area contributed by atoms with Gasteiger partial charge in [0.1, 0.15) is 0 Å². The van der Waals surface area contributed by atoms with Crippen LogP contribution in [0.4, 0.5) is 0 Å². The van der Waals surface area contributed by atoms with Crippen LogP contribution < -0.4 is 5.32 Å². The number of hydrogen-bond donors (Lipinski definition) is 1. The van der Waals surface area contributed by atoms with Gasteiger partial charge in [0.05, 0.1) is 5.69 Å². The van der Waals surface area contributed by atoms with Gasteiger partial charge in [-0.1, -0.05) is 32.3 Å². The lowest BCUT2D eigenvalue weighted by Gasteiger charge is -2.10. The summed E-state index contributed by atoms with van der Waals surface area (Å²) in [5, 5.41) is 3.46. The van der Waals surface area contributed by atoms with E-state index in [0.29, 0.717) is 0 Å². The predicted octanol–water partition coefficient (Wildman–Crippen LogP) is 3.63. The summed E-state index contributed by atoms with van der Waals surface area (Å²) >= 11 is 0. The molecule has 1 aromatic heterocycles. The molecular weight excluding hydrogens is 208 g/mol. The quantitative estimate of drug-likeness (QED) is 0.758. The molecule has 17 heavy (non-hydrogen) atoms. The molecule has 1 aliphatic rings. The fourth-order valence-corrected chi connectivity index (χ4v) is 2.56.